The maximum atomic E-state index is 15.3. The number of esters is 1. The molecule has 3 aromatic rings. The van der Waals surface area contributed by atoms with E-state index >= 15 is 9.59 Å². The third-order valence-electron chi connectivity index (χ3n) is 11.9. The first kappa shape index (κ1) is 63.0. The normalized spacial score (nSPS) is 16.2. The first-order chi connectivity index (χ1) is 36.5. The molecule has 19 nitrogen and oxygen atoms in total. The molecule has 0 spiro atoms. The van der Waals surface area contributed by atoms with E-state index in [1.165, 1.54) is 24.9 Å². The van der Waals surface area contributed by atoms with Crippen LogP contribution in [-0.2, 0) is 44.6 Å². The first-order valence-corrected chi connectivity index (χ1v) is 26.4. The van der Waals surface area contributed by atoms with Gasteiger partial charge < -0.3 is 49.3 Å². The SMILES string of the molecule is CCCOc1ccc2cc1-c1cc(ccc1OCCNC(=O)OC(C)(C)C)C[C@@H](C(=O)CCC#N)NC(=O)[C@H](C)CC(=O)[C@H]2N(C)C(=O)[C@H](CCNC(=O)OC(C)(C)C)CC(=O)c1ccc(C)cc1OCC(=O)OC(C)(C)C. The summed E-state index contributed by atoms with van der Waals surface area (Å²) in [6.45, 7) is 20.4. The molecule has 1 aliphatic heterocycles. The number of nitrogens with zero attached hydrogens (tertiary/aromatic N) is 2. The van der Waals surface area contributed by atoms with Crippen molar-refractivity contribution < 1.29 is 66.8 Å². The minimum atomic E-state index is -1.39. The third-order valence-corrected chi connectivity index (χ3v) is 11.9. The van der Waals surface area contributed by atoms with Crippen LogP contribution in [-0.4, -0.2) is 115 Å². The van der Waals surface area contributed by atoms with Crippen LogP contribution < -0.4 is 30.2 Å². The van der Waals surface area contributed by atoms with Gasteiger partial charge in [0.05, 0.1) is 30.8 Å². The molecule has 424 valence electrons. The Morgan fingerprint density at radius 2 is 1.36 bits per heavy atom. The molecule has 4 amide bonds. The average molecular weight is 1080 g/mol. The highest BCUT2D eigenvalue weighted by molar-refractivity contribution is 6.02. The second-order valence-electron chi connectivity index (χ2n) is 22.4. The summed E-state index contributed by atoms with van der Waals surface area (Å²) in [7, 11) is 1.43. The number of carbonyl (C=O) groups excluding carboxylic acids is 8. The molecule has 0 aliphatic carbocycles. The Morgan fingerprint density at radius 3 is 1.97 bits per heavy atom. The number of hydrogen-bond acceptors (Lipinski definition) is 15. The van der Waals surface area contributed by atoms with Crippen molar-refractivity contribution in [1.29, 1.82) is 5.26 Å². The largest absolute Gasteiger partial charge is 0.493 e. The lowest BCUT2D eigenvalue weighted by Crippen LogP contribution is -2.46. The van der Waals surface area contributed by atoms with Crippen molar-refractivity contribution in [3.05, 3.63) is 76.9 Å². The fourth-order valence-electron chi connectivity index (χ4n) is 8.43. The number of likely N-dealkylation sites (N-methyl/N-ethyl adjacent to an activating group) is 1. The van der Waals surface area contributed by atoms with E-state index in [0.717, 1.165) is 5.56 Å². The van der Waals surface area contributed by atoms with Crippen molar-refractivity contribution in [3.8, 4) is 34.4 Å². The number of amides is 4. The first-order valence-electron chi connectivity index (χ1n) is 26.4. The molecule has 0 fully saturated rings. The second-order valence-corrected chi connectivity index (χ2v) is 22.4. The number of benzene rings is 3. The van der Waals surface area contributed by atoms with E-state index in [0.29, 0.717) is 46.8 Å². The Labute approximate surface area is 458 Å². The average Bonchev–Trinajstić information content (AvgIpc) is 3.36. The summed E-state index contributed by atoms with van der Waals surface area (Å²) in [4.78, 5) is 112. The number of nitrogens with one attached hydrogen (secondary N) is 3. The number of ether oxygens (including phenoxy) is 6. The topological polar surface area (TPSA) is 255 Å². The Hall–Kier alpha value is -7.49. The van der Waals surface area contributed by atoms with E-state index < -0.39 is 107 Å². The van der Waals surface area contributed by atoms with Gasteiger partial charge in [-0.15, -0.1) is 0 Å². The zero-order valence-corrected chi connectivity index (χ0v) is 47.6. The molecule has 19 heteroatoms. The van der Waals surface area contributed by atoms with Crippen LogP contribution in [0.5, 0.6) is 17.2 Å². The zero-order chi connectivity index (χ0) is 58.1. The predicted molar refractivity (Wildman–Crippen MR) is 291 cm³/mol. The summed E-state index contributed by atoms with van der Waals surface area (Å²) < 4.78 is 34.8. The molecule has 1 heterocycles. The van der Waals surface area contributed by atoms with Gasteiger partial charge in [0.2, 0.25) is 11.8 Å². The number of alkyl carbamates (subject to hydrolysis) is 2. The van der Waals surface area contributed by atoms with Crippen LogP contribution in [0, 0.1) is 30.1 Å². The summed E-state index contributed by atoms with van der Waals surface area (Å²) in [5.41, 5.74) is 0.267. The van der Waals surface area contributed by atoms with Crippen molar-refractivity contribution >= 4 is 47.3 Å². The molecule has 0 unspecified atom stereocenters. The number of rotatable bonds is 21. The van der Waals surface area contributed by atoms with Crippen molar-refractivity contribution in [3.63, 3.8) is 0 Å². The zero-order valence-electron chi connectivity index (χ0n) is 47.6. The summed E-state index contributed by atoms with van der Waals surface area (Å²) in [5, 5.41) is 17.6. The van der Waals surface area contributed by atoms with Crippen molar-refractivity contribution in [2.75, 3.05) is 40.0 Å². The van der Waals surface area contributed by atoms with E-state index in [-0.39, 0.29) is 56.7 Å². The number of ketones is 3. The predicted octanol–water partition coefficient (Wildman–Crippen LogP) is 8.89. The Balaban J connectivity index is 1.89. The van der Waals surface area contributed by atoms with E-state index in [9.17, 15) is 34.0 Å². The van der Waals surface area contributed by atoms with E-state index in [2.05, 4.69) is 16.0 Å². The number of Topliss-reactive ketones (excluding diaryl/α,β-unsaturated/α-hetero) is 3. The minimum Gasteiger partial charge on any atom is -0.493 e. The van der Waals surface area contributed by atoms with Crippen LogP contribution in [0.4, 0.5) is 9.59 Å². The molecule has 4 bridgehead atoms. The molecular formula is C59H79N5O14. The number of hydrogen-bond donors (Lipinski definition) is 3. The highest BCUT2D eigenvalue weighted by Crippen LogP contribution is 2.41. The maximum absolute atomic E-state index is 15.3. The van der Waals surface area contributed by atoms with Crippen LogP contribution in [0.15, 0.2) is 54.6 Å². The Bertz CT molecular complexity index is 2690. The minimum absolute atomic E-state index is 0.0131. The quantitative estimate of drug-likeness (QED) is 0.0390. The van der Waals surface area contributed by atoms with Crippen LogP contribution >= 0.6 is 0 Å². The van der Waals surface area contributed by atoms with Gasteiger partial charge in [-0.25, -0.2) is 14.4 Å². The molecular weight excluding hydrogens is 1000 g/mol. The molecule has 78 heavy (non-hydrogen) atoms. The van der Waals surface area contributed by atoms with E-state index in [4.69, 9.17) is 28.4 Å². The van der Waals surface area contributed by atoms with Gasteiger partial charge in [0.1, 0.15) is 46.7 Å². The summed E-state index contributed by atoms with van der Waals surface area (Å²) in [6.07, 6.45) is -1.88. The molecule has 1 aliphatic rings. The molecule has 3 aromatic carbocycles. The smallest absolute Gasteiger partial charge is 0.407 e. The molecule has 0 radical (unpaired) electrons. The molecule has 4 atom stereocenters. The lowest BCUT2D eigenvalue weighted by atomic mass is 9.88. The fourth-order valence-corrected chi connectivity index (χ4v) is 8.43. The van der Waals surface area contributed by atoms with Gasteiger partial charge in [-0.1, -0.05) is 32.0 Å². The van der Waals surface area contributed by atoms with Crippen molar-refractivity contribution in [2.45, 2.75) is 157 Å². The molecule has 0 saturated heterocycles. The summed E-state index contributed by atoms with van der Waals surface area (Å²) >= 11 is 0. The van der Waals surface area contributed by atoms with Gasteiger partial charge in [0, 0.05) is 62.2 Å². The van der Waals surface area contributed by atoms with Gasteiger partial charge in [0.25, 0.3) is 0 Å². The van der Waals surface area contributed by atoms with Crippen molar-refractivity contribution in [1.82, 2.24) is 20.9 Å². The summed E-state index contributed by atoms with van der Waals surface area (Å²) in [5.74, 6) is -4.80. The molecule has 0 saturated carbocycles. The highest BCUT2D eigenvalue weighted by atomic mass is 16.6. The van der Waals surface area contributed by atoms with Crippen LogP contribution in [0.3, 0.4) is 0 Å². The van der Waals surface area contributed by atoms with Gasteiger partial charge in [-0.2, -0.15) is 5.26 Å². The lowest BCUT2D eigenvalue weighted by Gasteiger charge is -2.32. The van der Waals surface area contributed by atoms with Gasteiger partial charge >= 0.3 is 18.2 Å². The maximum Gasteiger partial charge on any atom is 0.407 e. The summed E-state index contributed by atoms with van der Waals surface area (Å²) in [6, 6.07) is 14.6. The van der Waals surface area contributed by atoms with Gasteiger partial charge in [0.15, 0.2) is 24.0 Å². The van der Waals surface area contributed by atoms with Crippen LogP contribution in [0.2, 0.25) is 0 Å². The molecule has 4 rings (SSSR count). The third kappa shape index (κ3) is 20.1. The number of fused-ring (bicyclic) bond motifs is 5. The second kappa shape index (κ2) is 28.2. The monoisotopic (exact) mass is 1080 g/mol. The van der Waals surface area contributed by atoms with Gasteiger partial charge in [-0.3, -0.25) is 24.0 Å². The number of aryl methyl sites for hydroxylation is 1. The Kier molecular flexibility index (Phi) is 22.8. The van der Waals surface area contributed by atoms with Crippen molar-refractivity contribution in [2.24, 2.45) is 11.8 Å². The van der Waals surface area contributed by atoms with E-state index in [1.54, 1.807) is 118 Å². The highest BCUT2D eigenvalue weighted by Gasteiger charge is 2.37. The standard InChI is InChI=1S/C59H79N5O14/c1-14-27-73-49-22-19-39-33-43(49)42-31-38(18-21-48(42)74-28-26-62-56(72)78-59(10,11)12)32-44(45(65)16-15-24-60)63-53(69)37(3)30-47(67)52(39)64(13)54(70)40(23-25-61-55(71)77-58(7,8)9)34-46(66)41-20-17-36(2)29-50(41)75-35-51(68)76-57(4,5)6/h17-22,29,31,33,37,40,44,52H,14-16,23,25-28,30,32,34-35H2,1-13H3,(H,61,71)(H,62,72)(H,63,69)/t37-,40-,44+,52+/m1/s1. The van der Waals surface area contributed by atoms with Crippen LogP contribution in [0.25, 0.3) is 11.1 Å². The van der Waals surface area contributed by atoms with Crippen LogP contribution in [0.1, 0.15) is 148 Å². The van der Waals surface area contributed by atoms with E-state index in [1.807, 2.05) is 13.0 Å². The van der Waals surface area contributed by atoms with Gasteiger partial charge in [-0.05, 0) is 142 Å². The number of nitriles is 1. The molecule has 3 N–H and O–H groups in total. The number of carbonyl (C=O) groups is 8. The molecule has 0 aromatic heterocycles. The fraction of sp³-hybridized carbons (Fsp3) is 0.542. The lowest BCUT2D eigenvalue weighted by molar-refractivity contribution is -0.157. The Morgan fingerprint density at radius 1 is 0.756 bits per heavy atom.